The molecule has 1 rings (SSSR count). The molecule has 2 N–H and O–H groups in total. The first-order valence-corrected chi connectivity index (χ1v) is 6.11. The zero-order chi connectivity index (χ0) is 12.7. The Labute approximate surface area is 103 Å². The van der Waals surface area contributed by atoms with E-state index in [1.807, 2.05) is 19.2 Å². The lowest BCUT2D eigenvalue weighted by molar-refractivity contribution is 0.199. The number of anilines is 1. The van der Waals surface area contributed by atoms with Crippen molar-refractivity contribution in [1.29, 1.82) is 0 Å². The first-order chi connectivity index (χ1) is 8.15. The van der Waals surface area contributed by atoms with Crippen LogP contribution in [0.4, 0.5) is 5.82 Å². The maximum Gasteiger partial charge on any atom is 0.128 e. The molecule has 0 aliphatic carbocycles. The van der Waals surface area contributed by atoms with Gasteiger partial charge in [0.05, 0.1) is 6.10 Å². The minimum absolute atomic E-state index is 0.263. The summed E-state index contributed by atoms with van der Waals surface area (Å²) >= 11 is 0. The third-order valence-corrected chi connectivity index (χ3v) is 2.79. The first kappa shape index (κ1) is 13.9. The fraction of sp³-hybridized carbons (Fsp3) is 0.615. The van der Waals surface area contributed by atoms with E-state index in [-0.39, 0.29) is 6.61 Å². The summed E-state index contributed by atoms with van der Waals surface area (Å²) in [7, 11) is 1.99. The molecule has 96 valence electrons. The Balaban J connectivity index is 2.50. The predicted octanol–water partition coefficient (Wildman–Crippen LogP) is 1.73. The van der Waals surface area contributed by atoms with Gasteiger partial charge in [0.15, 0.2) is 0 Å². The molecule has 0 bridgehead atoms. The number of aromatic nitrogens is 1. The Morgan fingerprint density at radius 2 is 2.12 bits per heavy atom. The lowest BCUT2D eigenvalue weighted by Crippen LogP contribution is -2.20. The van der Waals surface area contributed by atoms with Crippen molar-refractivity contribution in [2.45, 2.75) is 32.3 Å². The molecule has 1 aromatic rings. The summed E-state index contributed by atoms with van der Waals surface area (Å²) in [6.45, 7) is 2.93. The van der Waals surface area contributed by atoms with Crippen molar-refractivity contribution >= 4 is 5.82 Å². The molecule has 17 heavy (non-hydrogen) atoms. The van der Waals surface area contributed by atoms with Crippen LogP contribution in [0.1, 0.15) is 37.9 Å². The summed E-state index contributed by atoms with van der Waals surface area (Å²) < 4.78 is 0. The SMILES string of the molecule is CC(O)c1ccnc(N(C)CCCCCO)c1. The van der Waals surface area contributed by atoms with Gasteiger partial charge in [-0.3, -0.25) is 0 Å². The second kappa shape index (κ2) is 7.25. The third-order valence-electron chi connectivity index (χ3n) is 2.79. The van der Waals surface area contributed by atoms with Gasteiger partial charge in [-0.15, -0.1) is 0 Å². The fourth-order valence-electron chi connectivity index (χ4n) is 1.65. The van der Waals surface area contributed by atoms with E-state index in [9.17, 15) is 5.11 Å². The molecular weight excluding hydrogens is 216 g/mol. The Kier molecular flexibility index (Phi) is 5.94. The minimum atomic E-state index is -0.459. The lowest BCUT2D eigenvalue weighted by atomic mass is 10.1. The van der Waals surface area contributed by atoms with Crippen molar-refractivity contribution in [3.05, 3.63) is 23.9 Å². The highest BCUT2D eigenvalue weighted by molar-refractivity contribution is 5.40. The first-order valence-electron chi connectivity index (χ1n) is 6.11. The second-order valence-electron chi connectivity index (χ2n) is 4.33. The number of pyridine rings is 1. The van der Waals surface area contributed by atoms with Crippen LogP contribution in [0.5, 0.6) is 0 Å². The highest BCUT2D eigenvalue weighted by Gasteiger charge is 2.06. The molecule has 0 aliphatic rings. The Bertz CT molecular complexity index is 329. The van der Waals surface area contributed by atoms with Gasteiger partial charge in [-0.1, -0.05) is 0 Å². The van der Waals surface area contributed by atoms with Crippen LogP contribution in [-0.2, 0) is 0 Å². The zero-order valence-electron chi connectivity index (χ0n) is 10.6. The van der Waals surface area contributed by atoms with Gasteiger partial charge in [0, 0.05) is 26.4 Å². The summed E-state index contributed by atoms with van der Waals surface area (Å²) in [6, 6.07) is 3.74. The van der Waals surface area contributed by atoms with Gasteiger partial charge in [0.25, 0.3) is 0 Å². The smallest absolute Gasteiger partial charge is 0.128 e. The van der Waals surface area contributed by atoms with Crippen LogP contribution in [-0.4, -0.2) is 35.4 Å². The van der Waals surface area contributed by atoms with Gasteiger partial charge in [-0.05, 0) is 43.9 Å². The molecule has 1 atom stereocenters. The standard InChI is InChI=1S/C13H22N2O2/c1-11(17)12-6-7-14-13(10-12)15(2)8-4-3-5-9-16/h6-7,10-11,16-17H,3-5,8-9H2,1-2H3. The number of hydrogen-bond donors (Lipinski definition) is 2. The molecule has 0 saturated heterocycles. The number of aliphatic hydroxyl groups is 2. The molecule has 1 heterocycles. The van der Waals surface area contributed by atoms with Gasteiger partial charge in [-0.2, -0.15) is 0 Å². The van der Waals surface area contributed by atoms with Crippen LogP contribution in [0.2, 0.25) is 0 Å². The van der Waals surface area contributed by atoms with E-state index in [1.165, 1.54) is 0 Å². The molecule has 1 unspecified atom stereocenters. The monoisotopic (exact) mass is 238 g/mol. The Morgan fingerprint density at radius 1 is 1.35 bits per heavy atom. The maximum absolute atomic E-state index is 9.50. The molecule has 0 aliphatic heterocycles. The summed E-state index contributed by atoms with van der Waals surface area (Å²) in [6.07, 6.45) is 4.19. The lowest BCUT2D eigenvalue weighted by Gasteiger charge is -2.19. The highest BCUT2D eigenvalue weighted by Crippen LogP contribution is 2.17. The number of unbranched alkanes of at least 4 members (excludes halogenated alkanes) is 2. The number of rotatable bonds is 7. The number of aliphatic hydroxyl groups excluding tert-OH is 2. The largest absolute Gasteiger partial charge is 0.396 e. The summed E-state index contributed by atoms with van der Waals surface area (Å²) in [5.74, 6) is 0.882. The molecule has 4 heteroatoms. The topological polar surface area (TPSA) is 56.6 Å². The molecule has 0 fully saturated rings. The van der Waals surface area contributed by atoms with Crippen molar-refractivity contribution in [3.63, 3.8) is 0 Å². The zero-order valence-corrected chi connectivity index (χ0v) is 10.6. The van der Waals surface area contributed by atoms with Crippen molar-refractivity contribution in [3.8, 4) is 0 Å². The quantitative estimate of drug-likeness (QED) is 0.710. The predicted molar refractivity (Wildman–Crippen MR) is 69.1 cm³/mol. The Hall–Kier alpha value is -1.13. The van der Waals surface area contributed by atoms with E-state index in [0.717, 1.165) is 37.2 Å². The van der Waals surface area contributed by atoms with Crippen molar-refractivity contribution < 1.29 is 10.2 Å². The number of nitrogens with zero attached hydrogens (tertiary/aromatic N) is 2. The molecule has 1 aromatic heterocycles. The van der Waals surface area contributed by atoms with E-state index < -0.39 is 6.10 Å². The van der Waals surface area contributed by atoms with Gasteiger partial charge < -0.3 is 15.1 Å². The van der Waals surface area contributed by atoms with Gasteiger partial charge in [0.1, 0.15) is 5.82 Å². The second-order valence-corrected chi connectivity index (χ2v) is 4.33. The van der Waals surface area contributed by atoms with Crippen molar-refractivity contribution in [2.75, 3.05) is 25.1 Å². The maximum atomic E-state index is 9.50. The van der Waals surface area contributed by atoms with Crippen LogP contribution in [0, 0.1) is 0 Å². The summed E-state index contributed by atoms with van der Waals surface area (Å²) in [5.41, 5.74) is 0.886. The molecule has 0 spiro atoms. The van der Waals surface area contributed by atoms with E-state index >= 15 is 0 Å². The van der Waals surface area contributed by atoms with Crippen molar-refractivity contribution in [1.82, 2.24) is 4.98 Å². The highest BCUT2D eigenvalue weighted by atomic mass is 16.3. The van der Waals surface area contributed by atoms with Gasteiger partial charge >= 0.3 is 0 Å². The fourth-order valence-corrected chi connectivity index (χ4v) is 1.65. The normalized spacial score (nSPS) is 12.5. The molecule has 0 aromatic carbocycles. The van der Waals surface area contributed by atoms with Crippen LogP contribution in [0.3, 0.4) is 0 Å². The molecule has 4 nitrogen and oxygen atoms in total. The summed E-state index contributed by atoms with van der Waals surface area (Å²) in [5, 5.41) is 18.2. The molecule has 0 amide bonds. The molecule has 0 saturated carbocycles. The van der Waals surface area contributed by atoms with Crippen LogP contribution < -0.4 is 4.90 Å². The van der Waals surface area contributed by atoms with E-state index in [0.29, 0.717) is 0 Å². The number of hydrogen-bond acceptors (Lipinski definition) is 4. The van der Waals surface area contributed by atoms with Crippen LogP contribution >= 0.6 is 0 Å². The van der Waals surface area contributed by atoms with E-state index in [1.54, 1.807) is 13.1 Å². The van der Waals surface area contributed by atoms with Gasteiger partial charge in [-0.25, -0.2) is 4.98 Å². The van der Waals surface area contributed by atoms with Crippen molar-refractivity contribution in [2.24, 2.45) is 0 Å². The molecule has 0 radical (unpaired) electrons. The molecular formula is C13H22N2O2. The average Bonchev–Trinajstić information content (AvgIpc) is 2.34. The van der Waals surface area contributed by atoms with E-state index in [2.05, 4.69) is 9.88 Å². The summed E-state index contributed by atoms with van der Waals surface area (Å²) in [4.78, 5) is 6.36. The van der Waals surface area contributed by atoms with Crippen LogP contribution in [0.25, 0.3) is 0 Å². The van der Waals surface area contributed by atoms with Gasteiger partial charge in [0.2, 0.25) is 0 Å². The average molecular weight is 238 g/mol. The Morgan fingerprint density at radius 3 is 2.76 bits per heavy atom. The third kappa shape index (κ3) is 4.71. The van der Waals surface area contributed by atoms with E-state index in [4.69, 9.17) is 5.11 Å². The van der Waals surface area contributed by atoms with Crippen LogP contribution in [0.15, 0.2) is 18.3 Å². The minimum Gasteiger partial charge on any atom is -0.396 e.